The highest BCUT2D eigenvalue weighted by Crippen LogP contribution is 2.43. The summed E-state index contributed by atoms with van der Waals surface area (Å²) in [7, 11) is 0. The number of nitrogens with one attached hydrogen (secondary N) is 1. The van der Waals surface area contributed by atoms with Gasteiger partial charge in [0.15, 0.2) is 5.78 Å². The van der Waals surface area contributed by atoms with E-state index >= 15 is 0 Å². The number of nitrogens with zero attached hydrogens (tertiary/aromatic N) is 3. The standard InChI is InChI=1S/C29H36N4O4.BrH/c1-6-36-28(35)17(2)33-11-12-37-26-21(29(3,4)5)13-20(14-23(26)33)24(34)16-32-15-19-9-10-22(18-7-8-18)31-25(19)27(32)30;/h9-10,13-14,17-18,30H,6-8,11-12,15-16H2,1-5H3;1H. The van der Waals surface area contributed by atoms with Gasteiger partial charge < -0.3 is 19.3 Å². The number of ketones is 1. The number of halogens is 1. The summed E-state index contributed by atoms with van der Waals surface area (Å²) >= 11 is 0. The van der Waals surface area contributed by atoms with Crippen LogP contribution in [0.15, 0.2) is 24.3 Å². The van der Waals surface area contributed by atoms with E-state index in [-0.39, 0.29) is 40.7 Å². The van der Waals surface area contributed by atoms with Crippen molar-refractivity contribution in [3.8, 4) is 5.75 Å². The Kier molecular flexibility index (Phi) is 7.89. The van der Waals surface area contributed by atoms with Crippen LogP contribution in [0.25, 0.3) is 0 Å². The molecule has 1 unspecified atom stereocenters. The molecule has 1 saturated carbocycles. The lowest BCUT2D eigenvalue weighted by Crippen LogP contribution is -2.45. The zero-order valence-corrected chi connectivity index (χ0v) is 24.5. The van der Waals surface area contributed by atoms with E-state index in [4.69, 9.17) is 19.9 Å². The van der Waals surface area contributed by atoms with E-state index in [1.54, 1.807) is 11.8 Å². The van der Waals surface area contributed by atoms with E-state index in [9.17, 15) is 9.59 Å². The fourth-order valence-corrected chi connectivity index (χ4v) is 5.13. The van der Waals surface area contributed by atoms with Crippen LogP contribution in [0, 0.1) is 5.41 Å². The van der Waals surface area contributed by atoms with Gasteiger partial charge in [-0.3, -0.25) is 10.2 Å². The van der Waals surface area contributed by atoms with E-state index in [2.05, 4.69) is 32.9 Å². The van der Waals surface area contributed by atoms with E-state index < -0.39 is 6.04 Å². The fourth-order valence-electron chi connectivity index (χ4n) is 5.13. The zero-order chi connectivity index (χ0) is 26.5. The van der Waals surface area contributed by atoms with Crippen molar-refractivity contribution in [2.45, 2.75) is 71.4 Å². The van der Waals surface area contributed by atoms with Crippen molar-refractivity contribution in [1.29, 1.82) is 5.41 Å². The third-order valence-corrected chi connectivity index (χ3v) is 7.41. The third kappa shape index (κ3) is 5.30. The lowest BCUT2D eigenvalue weighted by Gasteiger charge is -2.37. The van der Waals surface area contributed by atoms with Crippen LogP contribution < -0.4 is 9.64 Å². The predicted octanol–water partition coefficient (Wildman–Crippen LogP) is 5.01. The number of fused-ring (bicyclic) bond motifs is 2. The summed E-state index contributed by atoms with van der Waals surface area (Å²) in [5.74, 6) is 1.15. The molecule has 1 aliphatic carbocycles. The Morgan fingerprint density at radius 1 is 1.24 bits per heavy atom. The number of ether oxygens (including phenoxy) is 2. The first-order valence-corrected chi connectivity index (χ1v) is 13.2. The lowest BCUT2D eigenvalue weighted by molar-refractivity contribution is -0.144. The van der Waals surface area contributed by atoms with Gasteiger partial charge in [-0.2, -0.15) is 0 Å². The molecule has 38 heavy (non-hydrogen) atoms. The van der Waals surface area contributed by atoms with E-state index in [1.807, 2.05) is 24.0 Å². The summed E-state index contributed by atoms with van der Waals surface area (Å²) < 4.78 is 11.4. The van der Waals surface area contributed by atoms with E-state index in [0.717, 1.165) is 35.3 Å². The third-order valence-electron chi connectivity index (χ3n) is 7.41. The average Bonchev–Trinajstić information content (AvgIpc) is 3.67. The van der Waals surface area contributed by atoms with Crippen molar-refractivity contribution in [2.75, 3.05) is 31.2 Å². The van der Waals surface area contributed by atoms with Crippen LogP contribution in [-0.4, -0.2) is 59.8 Å². The molecule has 1 atom stereocenters. The van der Waals surface area contributed by atoms with Gasteiger partial charge in [0, 0.05) is 34.8 Å². The molecule has 0 saturated heterocycles. The molecular formula is C29H37BrN4O4. The van der Waals surface area contributed by atoms with Gasteiger partial charge in [-0.05, 0) is 50.3 Å². The number of hydrogen-bond donors (Lipinski definition) is 1. The highest BCUT2D eigenvalue weighted by atomic mass is 79.9. The molecular weight excluding hydrogens is 548 g/mol. The number of esters is 1. The molecule has 0 amide bonds. The van der Waals surface area contributed by atoms with Gasteiger partial charge in [-0.15, -0.1) is 17.0 Å². The highest BCUT2D eigenvalue weighted by molar-refractivity contribution is 8.93. The maximum atomic E-state index is 13.7. The molecule has 1 fully saturated rings. The minimum Gasteiger partial charge on any atom is -0.489 e. The molecule has 8 nitrogen and oxygen atoms in total. The lowest BCUT2D eigenvalue weighted by atomic mass is 9.84. The van der Waals surface area contributed by atoms with Gasteiger partial charge in [0.1, 0.15) is 29.9 Å². The molecule has 1 N–H and O–H groups in total. The molecule has 0 bridgehead atoms. The number of Topliss-reactive ketones (excluding diaryl/α,β-unsaturated/α-hetero) is 1. The molecule has 1 aromatic carbocycles. The highest BCUT2D eigenvalue weighted by Gasteiger charge is 2.35. The molecule has 204 valence electrons. The minimum atomic E-state index is -0.506. The summed E-state index contributed by atoms with van der Waals surface area (Å²) in [6.07, 6.45) is 2.32. The average molecular weight is 586 g/mol. The predicted molar refractivity (Wildman–Crippen MR) is 152 cm³/mol. The molecule has 0 spiro atoms. The first kappa shape index (κ1) is 28.1. The van der Waals surface area contributed by atoms with E-state index in [1.165, 1.54) is 0 Å². The van der Waals surface area contributed by atoms with Crippen LogP contribution in [0.3, 0.4) is 0 Å². The van der Waals surface area contributed by atoms with Crippen LogP contribution in [0.2, 0.25) is 0 Å². The van der Waals surface area contributed by atoms with Gasteiger partial charge in [0.25, 0.3) is 0 Å². The number of amidine groups is 1. The molecule has 2 aliphatic heterocycles. The molecule has 1 aromatic heterocycles. The van der Waals surface area contributed by atoms with Crippen molar-refractivity contribution in [3.05, 3.63) is 52.3 Å². The Bertz CT molecular complexity index is 1270. The molecule has 3 heterocycles. The normalized spacial score (nSPS) is 17.2. The van der Waals surface area contributed by atoms with Crippen molar-refractivity contribution >= 4 is 40.3 Å². The second kappa shape index (κ2) is 10.7. The van der Waals surface area contributed by atoms with Crippen molar-refractivity contribution in [2.24, 2.45) is 0 Å². The SMILES string of the molecule is Br.CCOC(=O)C(C)N1CCOc2c1cc(C(=O)CN1Cc3ccc(C4CC4)nc3C1=N)cc2C(C)(C)C. The smallest absolute Gasteiger partial charge is 0.328 e. The summed E-state index contributed by atoms with van der Waals surface area (Å²) in [6.45, 7) is 11.8. The van der Waals surface area contributed by atoms with Gasteiger partial charge in [-0.1, -0.05) is 26.8 Å². The summed E-state index contributed by atoms with van der Waals surface area (Å²) in [5.41, 5.74) is 4.66. The number of rotatable bonds is 7. The molecule has 3 aliphatic rings. The van der Waals surface area contributed by atoms with Crippen LogP contribution in [0.5, 0.6) is 5.75 Å². The van der Waals surface area contributed by atoms with Crippen molar-refractivity contribution in [3.63, 3.8) is 0 Å². The largest absolute Gasteiger partial charge is 0.489 e. The van der Waals surface area contributed by atoms with Crippen LogP contribution in [0.4, 0.5) is 5.69 Å². The van der Waals surface area contributed by atoms with Crippen LogP contribution >= 0.6 is 17.0 Å². The number of carbonyl (C=O) groups excluding carboxylic acids is 2. The number of anilines is 1. The number of pyridine rings is 1. The zero-order valence-electron chi connectivity index (χ0n) is 22.8. The molecule has 9 heteroatoms. The number of aromatic nitrogens is 1. The minimum absolute atomic E-state index is 0. The Morgan fingerprint density at radius 2 is 1.97 bits per heavy atom. The summed E-state index contributed by atoms with van der Waals surface area (Å²) in [4.78, 5) is 34.8. The van der Waals surface area contributed by atoms with Crippen molar-refractivity contribution < 1.29 is 19.1 Å². The van der Waals surface area contributed by atoms with Crippen LogP contribution in [-0.2, 0) is 21.5 Å². The first-order chi connectivity index (χ1) is 17.6. The molecule has 2 aromatic rings. The van der Waals surface area contributed by atoms with Gasteiger partial charge >= 0.3 is 5.97 Å². The van der Waals surface area contributed by atoms with Gasteiger partial charge in [0.2, 0.25) is 0 Å². The second-order valence-corrected chi connectivity index (χ2v) is 11.2. The maximum absolute atomic E-state index is 13.7. The summed E-state index contributed by atoms with van der Waals surface area (Å²) in [5, 5.41) is 8.70. The molecule has 0 radical (unpaired) electrons. The number of carbonyl (C=O) groups is 2. The first-order valence-electron chi connectivity index (χ1n) is 13.2. The maximum Gasteiger partial charge on any atom is 0.328 e. The Labute approximate surface area is 235 Å². The van der Waals surface area contributed by atoms with Gasteiger partial charge in [-0.25, -0.2) is 9.78 Å². The summed E-state index contributed by atoms with van der Waals surface area (Å²) in [6, 6.07) is 7.35. The van der Waals surface area contributed by atoms with Crippen molar-refractivity contribution in [1.82, 2.24) is 9.88 Å². The Morgan fingerprint density at radius 3 is 2.63 bits per heavy atom. The Balaban J connectivity index is 0.00000336. The second-order valence-electron chi connectivity index (χ2n) is 11.2. The fraction of sp³-hybridized carbons (Fsp3) is 0.517. The molecule has 5 rings (SSSR count). The Hall–Kier alpha value is -2.94. The quantitative estimate of drug-likeness (QED) is 0.361. The van der Waals surface area contributed by atoms with E-state index in [0.29, 0.717) is 55.1 Å². The van der Waals surface area contributed by atoms with Crippen LogP contribution in [0.1, 0.15) is 86.3 Å². The number of hydrogen-bond acceptors (Lipinski definition) is 7. The van der Waals surface area contributed by atoms with Gasteiger partial charge in [0.05, 0.1) is 25.4 Å². The number of benzene rings is 1. The topological polar surface area (TPSA) is 95.8 Å². The monoisotopic (exact) mass is 584 g/mol.